The summed E-state index contributed by atoms with van der Waals surface area (Å²) in [5.74, 6) is 1.23. The first-order valence-electron chi connectivity index (χ1n) is 9.97. The second-order valence-electron chi connectivity index (χ2n) is 8.29. The van der Waals surface area contributed by atoms with Crippen molar-refractivity contribution >= 4 is 35.3 Å². The van der Waals surface area contributed by atoms with Crippen LogP contribution in [0.3, 0.4) is 0 Å². The zero-order valence-electron chi connectivity index (χ0n) is 16.6. The van der Waals surface area contributed by atoms with Gasteiger partial charge in [-0.2, -0.15) is 0 Å². The lowest BCUT2D eigenvalue weighted by molar-refractivity contribution is -0.842. The molecule has 29 heavy (non-hydrogen) atoms. The molecular weight excluding hydrogens is 368 g/mol. The van der Waals surface area contributed by atoms with Crippen molar-refractivity contribution in [2.24, 2.45) is 15.1 Å². The second kappa shape index (κ2) is 6.58. The fourth-order valence-corrected chi connectivity index (χ4v) is 4.11. The third-order valence-corrected chi connectivity index (χ3v) is 5.82. The van der Waals surface area contributed by atoms with E-state index in [1.54, 1.807) is 12.4 Å². The first kappa shape index (κ1) is 18.2. The van der Waals surface area contributed by atoms with Gasteiger partial charge in [0.2, 0.25) is 5.91 Å². The fraction of sp³-hybridized carbons (Fsp3) is 0.400. The summed E-state index contributed by atoms with van der Waals surface area (Å²) in [4.78, 5) is 21.0. The Kier molecular flexibility index (Phi) is 4.12. The molecule has 0 saturated carbocycles. The van der Waals surface area contributed by atoms with Crippen LogP contribution in [0.25, 0.3) is 0 Å². The summed E-state index contributed by atoms with van der Waals surface area (Å²) >= 11 is 0. The van der Waals surface area contributed by atoms with Crippen LogP contribution in [0.5, 0.6) is 0 Å². The van der Waals surface area contributed by atoms with E-state index in [9.17, 15) is 4.79 Å². The standard InChI is InChI=1S/C20H24N8O/c1-20(2)15-6-5-13(10-16(15)24-18(20)29)23-19-25-17-12-22-8-9-28(17,27-19)26-14-4-3-7-21-11-14/h5-6,8-10,12,14,21,26H,3-4,7,11H2,1-2H3,(H-,23,24,27,29)/p+1/t14-,28?/m1/s1. The summed E-state index contributed by atoms with van der Waals surface area (Å²) < 4.78 is 0.104. The van der Waals surface area contributed by atoms with Gasteiger partial charge in [-0.15, -0.1) is 10.4 Å². The Hall–Kier alpha value is -2.88. The van der Waals surface area contributed by atoms with E-state index in [4.69, 9.17) is 5.10 Å². The third-order valence-electron chi connectivity index (χ3n) is 5.82. The molecule has 9 heteroatoms. The van der Waals surface area contributed by atoms with Gasteiger partial charge in [-0.05, 0) is 60.7 Å². The number of hydrogen-bond acceptors (Lipinski definition) is 7. The molecule has 1 aromatic rings. The van der Waals surface area contributed by atoms with Gasteiger partial charge in [0, 0.05) is 17.9 Å². The molecule has 150 valence electrons. The number of anilines is 2. The Labute approximate surface area is 169 Å². The summed E-state index contributed by atoms with van der Waals surface area (Å²) in [6.45, 7) is 5.81. The topological polar surface area (TPSA) is 102 Å². The summed E-state index contributed by atoms with van der Waals surface area (Å²) in [6.07, 6.45) is 7.58. The maximum absolute atomic E-state index is 12.2. The number of aliphatic imine (C=N–C) groups is 2. The van der Waals surface area contributed by atoms with E-state index >= 15 is 0 Å². The van der Waals surface area contributed by atoms with E-state index in [-0.39, 0.29) is 10.6 Å². The Morgan fingerprint density at radius 2 is 2.21 bits per heavy atom. The molecule has 4 aliphatic rings. The number of piperidine rings is 1. The zero-order chi connectivity index (χ0) is 20.1. The van der Waals surface area contributed by atoms with Gasteiger partial charge in [0.1, 0.15) is 6.21 Å². The smallest absolute Gasteiger partial charge is 0.301 e. The maximum Gasteiger partial charge on any atom is 0.301 e. The molecule has 1 aromatic carbocycles. The molecule has 0 aromatic heterocycles. The summed E-state index contributed by atoms with van der Waals surface area (Å²) in [5.41, 5.74) is 5.71. The van der Waals surface area contributed by atoms with Crippen molar-refractivity contribution in [3.05, 3.63) is 36.2 Å². The first-order chi connectivity index (χ1) is 14.0. The van der Waals surface area contributed by atoms with Crippen molar-refractivity contribution in [2.75, 3.05) is 23.7 Å². The van der Waals surface area contributed by atoms with Gasteiger partial charge in [0.05, 0.1) is 17.7 Å². The molecule has 0 spiro atoms. The van der Waals surface area contributed by atoms with Crippen LogP contribution in [0, 0.1) is 0 Å². The maximum atomic E-state index is 12.2. The van der Waals surface area contributed by atoms with Gasteiger partial charge in [0.15, 0.2) is 6.20 Å². The SMILES string of the molecule is CC1(C)C(=O)Nc2cc(NC3=N[N+]4(N[C@@H]5CCCNC5)C=CN=CC4=N3)ccc21. The van der Waals surface area contributed by atoms with Crippen LogP contribution < -0.4 is 21.4 Å². The molecule has 0 radical (unpaired) electrons. The minimum absolute atomic E-state index is 0.0105. The zero-order valence-corrected chi connectivity index (χ0v) is 16.6. The number of nitrogens with zero attached hydrogens (tertiary/aromatic N) is 4. The molecule has 5 rings (SSSR count). The van der Waals surface area contributed by atoms with Gasteiger partial charge < -0.3 is 16.0 Å². The number of rotatable bonds is 3. The average Bonchev–Trinajstić information content (AvgIpc) is 3.16. The van der Waals surface area contributed by atoms with Crippen molar-refractivity contribution in [2.45, 2.75) is 38.1 Å². The van der Waals surface area contributed by atoms with Crippen LogP contribution >= 0.6 is 0 Å². The highest BCUT2D eigenvalue weighted by Gasteiger charge is 2.43. The number of carbonyl (C=O) groups excluding carboxylic acids is 1. The number of quaternary nitrogens is 1. The number of hydrogen-bond donors (Lipinski definition) is 4. The minimum atomic E-state index is -0.520. The van der Waals surface area contributed by atoms with E-state index in [1.807, 2.05) is 38.2 Å². The van der Waals surface area contributed by atoms with Crippen LogP contribution in [0.15, 0.2) is 45.7 Å². The highest BCUT2D eigenvalue weighted by molar-refractivity contribution is 6.30. The summed E-state index contributed by atoms with van der Waals surface area (Å²) in [5, 5.41) is 14.5. The lowest BCUT2D eigenvalue weighted by Gasteiger charge is -2.31. The fourth-order valence-electron chi connectivity index (χ4n) is 4.11. The quantitative estimate of drug-likeness (QED) is 0.586. The predicted molar refractivity (Wildman–Crippen MR) is 114 cm³/mol. The lowest BCUT2D eigenvalue weighted by Crippen LogP contribution is -2.60. The van der Waals surface area contributed by atoms with Gasteiger partial charge >= 0.3 is 5.84 Å². The molecule has 1 saturated heterocycles. The molecule has 1 amide bonds. The van der Waals surface area contributed by atoms with Crippen LogP contribution in [-0.4, -0.2) is 47.7 Å². The van der Waals surface area contributed by atoms with Crippen LogP contribution in [0.4, 0.5) is 11.4 Å². The van der Waals surface area contributed by atoms with Crippen molar-refractivity contribution < 1.29 is 9.50 Å². The predicted octanol–water partition coefficient (Wildman–Crippen LogP) is 1.64. The van der Waals surface area contributed by atoms with E-state index in [0.717, 1.165) is 48.7 Å². The molecule has 4 N–H and O–H groups in total. The Morgan fingerprint density at radius 3 is 3.03 bits per heavy atom. The van der Waals surface area contributed by atoms with Crippen LogP contribution in [0.2, 0.25) is 0 Å². The Bertz CT molecular complexity index is 986. The van der Waals surface area contributed by atoms with E-state index in [0.29, 0.717) is 12.0 Å². The Balaban J connectivity index is 1.39. The van der Waals surface area contributed by atoms with Crippen LogP contribution in [0.1, 0.15) is 32.3 Å². The van der Waals surface area contributed by atoms with Crippen molar-refractivity contribution in [3.8, 4) is 0 Å². The van der Waals surface area contributed by atoms with E-state index < -0.39 is 5.41 Å². The molecule has 0 aliphatic carbocycles. The van der Waals surface area contributed by atoms with Gasteiger partial charge in [-0.25, -0.2) is 0 Å². The largest absolute Gasteiger partial charge is 0.325 e. The highest BCUT2D eigenvalue weighted by atomic mass is 16.2. The number of amidine groups is 1. The molecule has 1 unspecified atom stereocenters. The normalized spacial score (nSPS) is 29.0. The minimum Gasteiger partial charge on any atom is -0.325 e. The number of fused-ring (bicyclic) bond motifs is 2. The highest BCUT2D eigenvalue weighted by Crippen LogP contribution is 2.38. The Morgan fingerprint density at radius 1 is 1.31 bits per heavy atom. The number of nitrogens with one attached hydrogen (secondary N) is 4. The second-order valence-corrected chi connectivity index (χ2v) is 8.29. The van der Waals surface area contributed by atoms with Gasteiger partial charge in [-0.3, -0.25) is 9.79 Å². The molecule has 4 aliphatic heterocycles. The average molecular weight is 393 g/mol. The van der Waals surface area contributed by atoms with Crippen LogP contribution in [-0.2, 0) is 10.2 Å². The van der Waals surface area contributed by atoms with Gasteiger partial charge in [0.25, 0.3) is 5.96 Å². The monoisotopic (exact) mass is 393 g/mol. The number of amides is 1. The molecule has 1 fully saturated rings. The van der Waals surface area contributed by atoms with Crippen molar-refractivity contribution in [1.29, 1.82) is 0 Å². The number of guanidine groups is 1. The summed E-state index contributed by atoms with van der Waals surface area (Å²) in [7, 11) is 0. The van der Waals surface area contributed by atoms with E-state index in [2.05, 4.69) is 31.4 Å². The third kappa shape index (κ3) is 3.07. The first-order valence-corrected chi connectivity index (χ1v) is 9.97. The molecule has 0 bridgehead atoms. The molecule has 9 nitrogen and oxygen atoms in total. The lowest BCUT2D eigenvalue weighted by atomic mass is 9.86. The molecule has 2 atom stereocenters. The van der Waals surface area contributed by atoms with Gasteiger partial charge in [-0.1, -0.05) is 6.07 Å². The van der Waals surface area contributed by atoms with Crippen molar-refractivity contribution in [3.63, 3.8) is 0 Å². The summed E-state index contributed by atoms with van der Waals surface area (Å²) in [6, 6.07) is 6.15. The van der Waals surface area contributed by atoms with E-state index in [1.165, 1.54) is 0 Å². The molecular formula is C20H25N8O+. The number of carbonyl (C=O) groups is 1. The van der Waals surface area contributed by atoms with Crippen molar-refractivity contribution in [1.82, 2.24) is 10.7 Å². The number of benzene rings is 1. The molecule has 4 heterocycles.